The molecule has 2 rings (SSSR count). The molecule has 0 spiro atoms. The SMILES string of the molecule is Cc1cc(S(=O)(=O)Nc2cccc(CN)c2)sc1Cl. The highest BCUT2D eigenvalue weighted by Gasteiger charge is 2.18. The van der Waals surface area contributed by atoms with Crippen LogP contribution in [0, 0.1) is 6.92 Å². The highest BCUT2D eigenvalue weighted by atomic mass is 35.5. The largest absolute Gasteiger partial charge is 0.326 e. The van der Waals surface area contributed by atoms with Gasteiger partial charge in [-0.15, -0.1) is 11.3 Å². The first kappa shape index (κ1) is 14.3. The van der Waals surface area contributed by atoms with Gasteiger partial charge < -0.3 is 5.73 Å². The van der Waals surface area contributed by atoms with Crippen LogP contribution < -0.4 is 10.5 Å². The summed E-state index contributed by atoms with van der Waals surface area (Å²) in [6.45, 7) is 2.13. The van der Waals surface area contributed by atoms with Crippen LogP contribution in [-0.2, 0) is 16.6 Å². The second-order valence-electron chi connectivity index (χ2n) is 4.03. The topological polar surface area (TPSA) is 72.2 Å². The van der Waals surface area contributed by atoms with Crippen LogP contribution in [0.5, 0.6) is 0 Å². The van der Waals surface area contributed by atoms with E-state index in [4.69, 9.17) is 17.3 Å². The number of benzene rings is 1. The van der Waals surface area contributed by atoms with E-state index in [-0.39, 0.29) is 4.21 Å². The van der Waals surface area contributed by atoms with Crippen molar-refractivity contribution >= 4 is 38.6 Å². The zero-order valence-electron chi connectivity index (χ0n) is 10.2. The minimum Gasteiger partial charge on any atom is -0.326 e. The van der Waals surface area contributed by atoms with Crippen molar-refractivity contribution in [2.45, 2.75) is 17.7 Å². The molecule has 0 bridgehead atoms. The molecule has 1 heterocycles. The van der Waals surface area contributed by atoms with Crippen molar-refractivity contribution in [3.8, 4) is 0 Å². The smallest absolute Gasteiger partial charge is 0.271 e. The van der Waals surface area contributed by atoms with E-state index >= 15 is 0 Å². The molecule has 0 radical (unpaired) electrons. The second-order valence-corrected chi connectivity index (χ2v) is 7.60. The lowest BCUT2D eigenvalue weighted by Crippen LogP contribution is -2.11. The van der Waals surface area contributed by atoms with Gasteiger partial charge in [-0.3, -0.25) is 4.72 Å². The Morgan fingerprint density at radius 3 is 2.68 bits per heavy atom. The van der Waals surface area contributed by atoms with Crippen LogP contribution in [0.25, 0.3) is 0 Å². The van der Waals surface area contributed by atoms with Crippen molar-refractivity contribution < 1.29 is 8.42 Å². The highest BCUT2D eigenvalue weighted by molar-refractivity contribution is 7.94. The van der Waals surface area contributed by atoms with Gasteiger partial charge in [0.15, 0.2) is 0 Å². The van der Waals surface area contributed by atoms with Crippen LogP contribution in [0.4, 0.5) is 5.69 Å². The van der Waals surface area contributed by atoms with E-state index in [1.54, 1.807) is 31.2 Å². The van der Waals surface area contributed by atoms with Gasteiger partial charge in [-0.25, -0.2) is 8.42 Å². The molecule has 2 aromatic rings. The van der Waals surface area contributed by atoms with Gasteiger partial charge in [0.05, 0.1) is 4.34 Å². The molecule has 102 valence electrons. The van der Waals surface area contributed by atoms with Crippen LogP contribution in [0.3, 0.4) is 0 Å². The van der Waals surface area contributed by atoms with Crippen LogP contribution in [0.1, 0.15) is 11.1 Å². The lowest BCUT2D eigenvalue weighted by molar-refractivity contribution is 0.603. The monoisotopic (exact) mass is 316 g/mol. The van der Waals surface area contributed by atoms with Crippen LogP contribution in [0.2, 0.25) is 4.34 Å². The number of thiophene rings is 1. The first-order valence-corrected chi connectivity index (χ1v) is 8.18. The third kappa shape index (κ3) is 3.27. The Hall–Kier alpha value is -1.08. The summed E-state index contributed by atoms with van der Waals surface area (Å²) >= 11 is 6.94. The van der Waals surface area contributed by atoms with Crippen molar-refractivity contribution in [3.63, 3.8) is 0 Å². The summed E-state index contributed by atoms with van der Waals surface area (Å²) < 4.78 is 27.6. The fourth-order valence-corrected chi connectivity index (χ4v) is 4.29. The molecule has 0 saturated heterocycles. The van der Waals surface area contributed by atoms with Gasteiger partial charge in [-0.2, -0.15) is 0 Å². The molecule has 0 aliphatic carbocycles. The van der Waals surface area contributed by atoms with E-state index in [1.165, 1.54) is 0 Å². The molecule has 19 heavy (non-hydrogen) atoms. The number of sulfonamides is 1. The quantitative estimate of drug-likeness (QED) is 0.911. The van der Waals surface area contributed by atoms with Crippen molar-refractivity contribution in [3.05, 3.63) is 45.8 Å². The van der Waals surface area contributed by atoms with E-state index in [0.29, 0.717) is 16.6 Å². The molecule has 1 aromatic carbocycles. The first-order valence-electron chi connectivity index (χ1n) is 5.50. The summed E-state index contributed by atoms with van der Waals surface area (Å²) in [6, 6.07) is 8.54. The Morgan fingerprint density at radius 2 is 2.11 bits per heavy atom. The van der Waals surface area contributed by atoms with Gasteiger partial charge >= 0.3 is 0 Å². The normalized spacial score (nSPS) is 11.5. The molecule has 0 atom stereocenters. The summed E-state index contributed by atoms with van der Waals surface area (Å²) in [5, 5.41) is 0. The maximum atomic E-state index is 12.2. The lowest BCUT2D eigenvalue weighted by Gasteiger charge is -2.07. The van der Waals surface area contributed by atoms with Gasteiger partial charge in [0.1, 0.15) is 4.21 Å². The molecule has 0 aliphatic rings. The Balaban J connectivity index is 2.30. The highest BCUT2D eigenvalue weighted by Crippen LogP contribution is 2.31. The second kappa shape index (κ2) is 5.50. The van der Waals surface area contributed by atoms with E-state index in [1.807, 2.05) is 6.07 Å². The summed E-state index contributed by atoms with van der Waals surface area (Å²) in [5.41, 5.74) is 7.63. The van der Waals surface area contributed by atoms with Crippen molar-refractivity contribution in [2.75, 3.05) is 4.72 Å². The van der Waals surface area contributed by atoms with E-state index < -0.39 is 10.0 Å². The number of rotatable bonds is 4. The van der Waals surface area contributed by atoms with Gasteiger partial charge in [0.2, 0.25) is 0 Å². The fraction of sp³-hybridized carbons (Fsp3) is 0.167. The average molecular weight is 317 g/mol. The maximum Gasteiger partial charge on any atom is 0.271 e. The van der Waals surface area contributed by atoms with Crippen LogP contribution in [0.15, 0.2) is 34.5 Å². The lowest BCUT2D eigenvalue weighted by atomic mass is 10.2. The molecular formula is C12H13ClN2O2S2. The molecule has 7 heteroatoms. The number of hydrogen-bond acceptors (Lipinski definition) is 4. The molecule has 0 amide bonds. The number of anilines is 1. The minimum absolute atomic E-state index is 0.202. The number of halogens is 1. The van der Waals surface area contributed by atoms with Crippen molar-refractivity contribution in [1.29, 1.82) is 0 Å². The Labute approximate surface area is 121 Å². The molecule has 0 unspecified atom stereocenters. The number of nitrogens with two attached hydrogens (primary N) is 1. The molecule has 0 fully saturated rings. The molecular weight excluding hydrogens is 304 g/mol. The van der Waals surface area contributed by atoms with Crippen molar-refractivity contribution in [2.24, 2.45) is 5.73 Å². The number of aryl methyl sites for hydroxylation is 1. The van der Waals surface area contributed by atoms with Gasteiger partial charge in [-0.05, 0) is 36.2 Å². The van der Waals surface area contributed by atoms with E-state index in [0.717, 1.165) is 22.5 Å². The van der Waals surface area contributed by atoms with Crippen LogP contribution in [-0.4, -0.2) is 8.42 Å². The van der Waals surface area contributed by atoms with E-state index in [9.17, 15) is 8.42 Å². The molecule has 0 saturated carbocycles. The Morgan fingerprint density at radius 1 is 1.37 bits per heavy atom. The minimum atomic E-state index is -3.60. The van der Waals surface area contributed by atoms with Crippen molar-refractivity contribution in [1.82, 2.24) is 0 Å². The van der Waals surface area contributed by atoms with Gasteiger partial charge in [0, 0.05) is 12.2 Å². The van der Waals surface area contributed by atoms with E-state index in [2.05, 4.69) is 4.72 Å². The standard InChI is InChI=1S/C12H13ClN2O2S2/c1-8-5-11(18-12(8)13)19(16,17)15-10-4-2-3-9(6-10)7-14/h2-6,15H,7,14H2,1H3. The predicted octanol–water partition coefficient (Wildman–Crippen LogP) is 2.97. The predicted molar refractivity (Wildman–Crippen MR) is 79.2 cm³/mol. The molecule has 0 aliphatic heterocycles. The molecule has 3 N–H and O–H groups in total. The fourth-order valence-electron chi connectivity index (χ4n) is 1.53. The molecule has 1 aromatic heterocycles. The zero-order valence-corrected chi connectivity index (χ0v) is 12.6. The summed E-state index contributed by atoms with van der Waals surface area (Å²) in [4.78, 5) is 0. The zero-order chi connectivity index (χ0) is 14.0. The van der Waals surface area contributed by atoms with Crippen LogP contribution >= 0.6 is 22.9 Å². The first-order chi connectivity index (χ1) is 8.92. The van der Waals surface area contributed by atoms with Gasteiger partial charge in [0.25, 0.3) is 10.0 Å². The third-order valence-corrected chi connectivity index (χ3v) is 5.92. The summed E-state index contributed by atoms with van der Waals surface area (Å²) in [5.74, 6) is 0. The maximum absolute atomic E-state index is 12.2. The molecule has 4 nitrogen and oxygen atoms in total. The number of hydrogen-bond donors (Lipinski definition) is 2. The summed E-state index contributed by atoms with van der Waals surface area (Å²) in [7, 11) is -3.60. The number of nitrogens with one attached hydrogen (secondary N) is 1. The van der Waals surface area contributed by atoms with Gasteiger partial charge in [-0.1, -0.05) is 23.7 Å². The Kier molecular flexibility index (Phi) is 4.15. The third-order valence-electron chi connectivity index (χ3n) is 2.51. The average Bonchev–Trinajstić information content (AvgIpc) is 2.70. The summed E-state index contributed by atoms with van der Waals surface area (Å²) in [6.07, 6.45) is 0. The Bertz CT molecular complexity index is 676.